The number of hydrogen-bond donors (Lipinski definition) is 1. The third-order valence-electron chi connectivity index (χ3n) is 5.35. The van der Waals surface area contributed by atoms with Crippen molar-refractivity contribution in [3.05, 3.63) is 34.9 Å². The fraction of sp³-hybridized carbons (Fsp3) is 0.632. The van der Waals surface area contributed by atoms with Crippen LogP contribution in [0, 0.1) is 5.92 Å². The molecule has 8 heteroatoms. The third-order valence-corrected chi connectivity index (χ3v) is 6.18. The maximum Gasteiger partial charge on any atom is 0.253 e. The molecule has 4 nitrogen and oxygen atoms in total. The van der Waals surface area contributed by atoms with Crippen molar-refractivity contribution in [1.29, 1.82) is 0 Å². The Morgan fingerprint density at radius 1 is 1.22 bits per heavy atom. The van der Waals surface area contributed by atoms with Gasteiger partial charge in [0.2, 0.25) is 3.79 Å². The number of benzene rings is 1. The number of nitrogens with one attached hydrogen (secondary N) is 1. The number of nitrogens with zero attached hydrogens (tertiary/aromatic N) is 1. The number of carbonyl (C=O) groups excluding carboxylic acids is 1. The molecule has 1 amide bonds. The molecule has 3 atom stereocenters. The molecule has 1 aromatic rings. The Bertz CT molecular complexity index is 651. The van der Waals surface area contributed by atoms with Gasteiger partial charge in [0.1, 0.15) is 0 Å². The van der Waals surface area contributed by atoms with Crippen molar-refractivity contribution >= 4 is 52.3 Å². The average Bonchev–Trinajstić information content (AvgIpc) is 2.64. The second-order valence-electron chi connectivity index (χ2n) is 7.24. The van der Waals surface area contributed by atoms with Gasteiger partial charge in [0.25, 0.3) is 5.91 Å². The Kier molecular flexibility index (Phi) is 7.57. The predicted molar refractivity (Wildman–Crippen MR) is 111 cm³/mol. The standard InChI is InChI=1S/C19H24Cl4N2O2/c20-15-7-3-5-13(11-15)17(26)24-18(19(21,22)23)27-12-14-6-4-10-25-9-2-1-8-16(14)25/h3,5,7,11,14,16,18H,1-2,4,6,8-10,12H2,(H,24,26)/t14-,16-,18+/m0/s1. The molecule has 0 aliphatic carbocycles. The van der Waals surface area contributed by atoms with E-state index in [-0.39, 0.29) is 0 Å². The topological polar surface area (TPSA) is 41.6 Å². The van der Waals surface area contributed by atoms with Crippen molar-refractivity contribution in [2.45, 2.75) is 48.2 Å². The summed E-state index contributed by atoms with van der Waals surface area (Å²) in [6, 6.07) is 7.13. The number of piperidine rings is 2. The lowest BCUT2D eigenvalue weighted by molar-refractivity contribution is -0.0325. The second-order valence-corrected chi connectivity index (χ2v) is 10.0. The van der Waals surface area contributed by atoms with E-state index in [0.29, 0.717) is 29.2 Å². The number of fused-ring (bicyclic) bond motifs is 1. The number of halogens is 4. The van der Waals surface area contributed by atoms with Crippen LogP contribution >= 0.6 is 46.4 Å². The highest BCUT2D eigenvalue weighted by Crippen LogP contribution is 2.34. The van der Waals surface area contributed by atoms with Crippen molar-refractivity contribution < 1.29 is 9.53 Å². The van der Waals surface area contributed by atoms with E-state index < -0.39 is 15.9 Å². The van der Waals surface area contributed by atoms with Gasteiger partial charge in [-0.1, -0.05) is 58.9 Å². The van der Waals surface area contributed by atoms with E-state index in [2.05, 4.69) is 10.2 Å². The van der Waals surface area contributed by atoms with Crippen molar-refractivity contribution in [3.63, 3.8) is 0 Å². The Balaban J connectivity index is 1.62. The van der Waals surface area contributed by atoms with Gasteiger partial charge < -0.3 is 15.0 Å². The highest BCUT2D eigenvalue weighted by atomic mass is 35.6. The molecule has 0 aromatic heterocycles. The molecule has 1 aromatic carbocycles. The summed E-state index contributed by atoms with van der Waals surface area (Å²) in [5.41, 5.74) is 0.390. The van der Waals surface area contributed by atoms with Gasteiger partial charge >= 0.3 is 0 Å². The van der Waals surface area contributed by atoms with E-state index in [1.165, 1.54) is 19.3 Å². The molecule has 0 saturated carbocycles. The number of ether oxygens (including phenoxy) is 1. The Morgan fingerprint density at radius 3 is 2.74 bits per heavy atom. The molecule has 27 heavy (non-hydrogen) atoms. The predicted octanol–water partition coefficient (Wildman–Crippen LogP) is 5.05. The molecular weight excluding hydrogens is 430 g/mol. The molecule has 2 heterocycles. The number of carbonyl (C=O) groups is 1. The van der Waals surface area contributed by atoms with Crippen molar-refractivity contribution in [2.24, 2.45) is 5.92 Å². The van der Waals surface area contributed by atoms with E-state index in [4.69, 9.17) is 51.1 Å². The summed E-state index contributed by atoms with van der Waals surface area (Å²) >= 11 is 24.2. The molecule has 0 radical (unpaired) electrons. The van der Waals surface area contributed by atoms with Crippen LogP contribution in [0.4, 0.5) is 0 Å². The lowest BCUT2D eigenvalue weighted by Crippen LogP contribution is -2.51. The van der Waals surface area contributed by atoms with Gasteiger partial charge in [0.05, 0.1) is 6.61 Å². The minimum absolute atomic E-state index is 0.386. The van der Waals surface area contributed by atoms with Gasteiger partial charge in [0, 0.05) is 16.6 Å². The summed E-state index contributed by atoms with van der Waals surface area (Å²) < 4.78 is 4.16. The van der Waals surface area contributed by atoms with Crippen LogP contribution in [0.15, 0.2) is 24.3 Å². The van der Waals surface area contributed by atoms with Crippen molar-refractivity contribution in [1.82, 2.24) is 10.2 Å². The van der Waals surface area contributed by atoms with Gasteiger partial charge in [-0.05, 0) is 62.9 Å². The summed E-state index contributed by atoms with van der Waals surface area (Å²) in [6.07, 6.45) is 4.90. The molecule has 150 valence electrons. The lowest BCUT2D eigenvalue weighted by atomic mass is 9.84. The highest BCUT2D eigenvalue weighted by Gasteiger charge is 2.38. The molecule has 2 aliphatic rings. The summed E-state index contributed by atoms with van der Waals surface area (Å²) in [5.74, 6) is -0.00580. The largest absolute Gasteiger partial charge is 0.354 e. The van der Waals surface area contributed by atoms with Crippen LogP contribution in [0.25, 0.3) is 0 Å². The smallest absolute Gasteiger partial charge is 0.253 e. The first-order valence-corrected chi connectivity index (χ1v) is 10.8. The van der Waals surface area contributed by atoms with E-state index >= 15 is 0 Å². The van der Waals surface area contributed by atoms with Gasteiger partial charge in [-0.25, -0.2) is 0 Å². The van der Waals surface area contributed by atoms with E-state index in [9.17, 15) is 4.79 Å². The van der Waals surface area contributed by atoms with Crippen molar-refractivity contribution in [3.8, 4) is 0 Å². The molecule has 2 fully saturated rings. The number of amides is 1. The zero-order chi connectivity index (χ0) is 19.4. The summed E-state index contributed by atoms with van der Waals surface area (Å²) in [5, 5.41) is 3.15. The second kappa shape index (κ2) is 9.51. The van der Waals surface area contributed by atoms with Crippen LogP contribution in [0.3, 0.4) is 0 Å². The first-order valence-electron chi connectivity index (χ1n) is 9.33. The van der Waals surface area contributed by atoms with Gasteiger partial charge in [-0.2, -0.15) is 0 Å². The Morgan fingerprint density at radius 2 is 2.00 bits per heavy atom. The van der Waals surface area contributed by atoms with Crippen LogP contribution in [-0.2, 0) is 4.74 Å². The van der Waals surface area contributed by atoms with Gasteiger partial charge in [-0.3, -0.25) is 4.79 Å². The Hall–Kier alpha value is -0.230. The monoisotopic (exact) mass is 452 g/mol. The third kappa shape index (κ3) is 5.88. The molecular formula is C19H24Cl4N2O2. The minimum atomic E-state index is -1.77. The molecule has 2 aliphatic heterocycles. The maximum atomic E-state index is 12.5. The molecule has 1 N–H and O–H groups in total. The molecule has 0 unspecified atom stereocenters. The van der Waals surface area contributed by atoms with Crippen LogP contribution in [-0.4, -0.2) is 46.6 Å². The van der Waals surface area contributed by atoms with E-state index in [1.807, 2.05) is 0 Å². The zero-order valence-electron chi connectivity index (χ0n) is 15.0. The molecule has 0 spiro atoms. The van der Waals surface area contributed by atoms with E-state index in [1.54, 1.807) is 24.3 Å². The van der Waals surface area contributed by atoms with Gasteiger partial charge in [0.15, 0.2) is 6.23 Å². The SMILES string of the molecule is O=C(N[C@H](OC[C@@H]1CCCN2CCCC[C@@H]12)C(Cl)(Cl)Cl)c1cccc(Cl)c1. The molecule has 3 rings (SSSR count). The fourth-order valence-electron chi connectivity index (χ4n) is 4.04. The summed E-state index contributed by atoms with van der Waals surface area (Å²) in [4.78, 5) is 15.1. The molecule has 0 bridgehead atoms. The zero-order valence-corrected chi connectivity index (χ0v) is 18.0. The maximum absolute atomic E-state index is 12.5. The first kappa shape index (κ1) is 21.5. The highest BCUT2D eigenvalue weighted by molar-refractivity contribution is 6.68. The fourth-order valence-corrected chi connectivity index (χ4v) is 4.58. The summed E-state index contributed by atoms with van der Waals surface area (Å²) in [7, 11) is 0. The van der Waals surface area contributed by atoms with Crippen LogP contribution in [0.5, 0.6) is 0 Å². The van der Waals surface area contributed by atoms with Crippen LogP contribution in [0.2, 0.25) is 5.02 Å². The quantitative estimate of drug-likeness (QED) is 0.501. The summed E-state index contributed by atoms with van der Waals surface area (Å²) in [6.45, 7) is 2.76. The normalized spacial score (nSPS) is 24.9. The van der Waals surface area contributed by atoms with Gasteiger partial charge in [-0.15, -0.1) is 0 Å². The molecule has 2 saturated heterocycles. The lowest BCUT2D eigenvalue weighted by Gasteiger charge is -2.44. The number of rotatable bonds is 5. The first-order chi connectivity index (χ1) is 12.8. The van der Waals surface area contributed by atoms with Crippen molar-refractivity contribution in [2.75, 3.05) is 19.7 Å². The van der Waals surface area contributed by atoms with Crippen LogP contribution in [0.1, 0.15) is 42.5 Å². The van der Waals surface area contributed by atoms with Crippen LogP contribution < -0.4 is 5.32 Å². The number of alkyl halides is 3. The Labute approximate surface area is 180 Å². The number of hydrogen-bond acceptors (Lipinski definition) is 3. The van der Waals surface area contributed by atoms with E-state index in [0.717, 1.165) is 25.9 Å². The minimum Gasteiger partial charge on any atom is -0.354 e. The average molecular weight is 454 g/mol.